The van der Waals surface area contributed by atoms with E-state index in [2.05, 4.69) is 83.7 Å². The monoisotopic (exact) mass is 442 g/mol. The number of benzene rings is 2. The molecule has 6 atom stereocenters. The van der Waals surface area contributed by atoms with Gasteiger partial charge in [0.15, 0.2) is 0 Å². The molecule has 0 aromatic heterocycles. The third kappa shape index (κ3) is 3.63. The van der Waals surface area contributed by atoms with Crippen molar-refractivity contribution >= 4 is 17.7 Å². The lowest BCUT2D eigenvalue weighted by Gasteiger charge is -2.33. The summed E-state index contributed by atoms with van der Waals surface area (Å²) in [5.74, 6) is 1.94. The number of carbonyl (C=O) groups excluding carboxylic acids is 1. The summed E-state index contributed by atoms with van der Waals surface area (Å²) < 4.78 is 0. The largest absolute Gasteiger partial charge is 0.325 e. The Morgan fingerprint density at radius 1 is 1.06 bits per heavy atom. The van der Waals surface area contributed by atoms with Crippen LogP contribution in [0.3, 0.4) is 0 Å². The van der Waals surface area contributed by atoms with Gasteiger partial charge < -0.3 is 10.2 Å². The highest BCUT2D eigenvalue weighted by Gasteiger charge is 2.67. The molecule has 172 valence electrons. The average molecular weight is 443 g/mol. The Hall–Kier alpha value is -2.47. The predicted octanol–water partition coefficient (Wildman–Crippen LogP) is 3.93. The van der Waals surface area contributed by atoms with E-state index in [1.807, 2.05) is 12.1 Å². The molecule has 2 aliphatic carbocycles. The molecule has 3 fully saturated rings. The van der Waals surface area contributed by atoms with Gasteiger partial charge in [0, 0.05) is 24.3 Å². The molecule has 2 saturated carbocycles. The van der Waals surface area contributed by atoms with Gasteiger partial charge in [-0.1, -0.05) is 54.6 Å². The summed E-state index contributed by atoms with van der Waals surface area (Å²) in [4.78, 5) is 15.1. The van der Waals surface area contributed by atoms with E-state index in [-0.39, 0.29) is 11.3 Å². The lowest BCUT2D eigenvalue weighted by molar-refractivity contribution is -0.118. The quantitative estimate of drug-likeness (QED) is 0.657. The van der Waals surface area contributed by atoms with E-state index in [9.17, 15) is 4.79 Å². The molecule has 2 aromatic rings. The molecule has 2 aliphatic heterocycles. The zero-order chi connectivity index (χ0) is 22.6. The van der Waals surface area contributed by atoms with Crippen molar-refractivity contribution < 1.29 is 4.79 Å². The molecule has 0 bridgehead atoms. The van der Waals surface area contributed by atoms with Crippen molar-refractivity contribution in [2.24, 2.45) is 17.8 Å². The van der Waals surface area contributed by atoms with Crippen molar-refractivity contribution in [1.29, 1.82) is 0 Å². The fourth-order valence-corrected chi connectivity index (χ4v) is 6.77. The number of rotatable bonds is 5. The third-order valence-corrected chi connectivity index (χ3v) is 8.46. The van der Waals surface area contributed by atoms with Gasteiger partial charge in [-0.2, -0.15) is 0 Å². The molecule has 6 rings (SSSR count). The Bertz CT molecular complexity index is 1080. The molecule has 5 nitrogen and oxygen atoms in total. The van der Waals surface area contributed by atoms with Crippen LogP contribution in [-0.4, -0.2) is 37.0 Å². The lowest BCUT2D eigenvalue weighted by atomic mass is 9.73. The van der Waals surface area contributed by atoms with Crippen molar-refractivity contribution in [1.82, 2.24) is 15.8 Å². The standard InChI is InChI=1S/C28H34N4O/c1-32(2)17-19-9-7-18(8-10-19)11-14-24-21-13-12-20(15-26(21)31-30-24)23-16-28(23)22-5-3-4-6-25(22)29-27(28)33/h3-11,14,20-21,23-24,26,30-31H,12-13,15-17H2,1-2H3,(H,29,33)/b14-11+/t20?,21?,23-,24?,26?,28-/m0/s1. The molecule has 33 heavy (non-hydrogen) atoms. The van der Waals surface area contributed by atoms with Crippen LogP contribution in [-0.2, 0) is 16.8 Å². The first-order valence-corrected chi connectivity index (χ1v) is 12.4. The van der Waals surface area contributed by atoms with Crippen LogP contribution < -0.4 is 16.2 Å². The van der Waals surface area contributed by atoms with Crippen LogP contribution in [0.5, 0.6) is 0 Å². The topological polar surface area (TPSA) is 56.4 Å². The number of hydrazine groups is 1. The molecule has 2 aromatic carbocycles. The first-order valence-electron chi connectivity index (χ1n) is 12.4. The number of fused-ring (bicyclic) bond motifs is 3. The summed E-state index contributed by atoms with van der Waals surface area (Å²) in [5.41, 5.74) is 11.7. The predicted molar refractivity (Wildman–Crippen MR) is 132 cm³/mol. The third-order valence-electron chi connectivity index (χ3n) is 8.46. The number of hydrogen-bond acceptors (Lipinski definition) is 4. The zero-order valence-electron chi connectivity index (χ0n) is 19.6. The summed E-state index contributed by atoms with van der Waals surface area (Å²) in [6.07, 6.45) is 9.18. The van der Waals surface area contributed by atoms with Crippen LogP contribution in [0.4, 0.5) is 5.69 Å². The van der Waals surface area contributed by atoms with Crippen LogP contribution in [0.25, 0.3) is 6.08 Å². The highest BCUT2D eigenvalue weighted by atomic mass is 16.2. The molecular weight excluding hydrogens is 408 g/mol. The van der Waals surface area contributed by atoms with E-state index in [0.717, 1.165) is 25.1 Å². The van der Waals surface area contributed by atoms with Gasteiger partial charge >= 0.3 is 0 Å². The minimum Gasteiger partial charge on any atom is -0.325 e. The van der Waals surface area contributed by atoms with E-state index in [1.54, 1.807) is 0 Å². The maximum Gasteiger partial charge on any atom is 0.235 e. The van der Waals surface area contributed by atoms with Gasteiger partial charge in [-0.05, 0) is 80.3 Å². The Morgan fingerprint density at radius 2 is 1.88 bits per heavy atom. The normalized spacial score (nSPS) is 34.6. The Kier molecular flexibility index (Phi) is 5.17. The van der Waals surface area contributed by atoms with Gasteiger partial charge in [0.1, 0.15) is 0 Å². The van der Waals surface area contributed by atoms with Crippen LogP contribution in [0.1, 0.15) is 42.4 Å². The van der Waals surface area contributed by atoms with Crippen LogP contribution in [0.2, 0.25) is 0 Å². The molecule has 5 heteroatoms. The summed E-state index contributed by atoms with van der Waals surface area (Å²) in [6.45, 7) is 0.971. The highest BCUT2D eigenvalue weighted by Crippen LogP contribution is 2.64. The first-order chi connectivity index (χ1) is 16.0. The number of para-hydroxylation sites is 1. The fraction of sp³-hybridized carbons (Fsp3) is 0.464. The van der Waals surface area contributed by atoms with Gasteiger partial charge in [0.25, 0.3) is 0 Å². The number of carbonyl (C=O) groups is 1. The number of nitrogens with zero attached hydrogens (tertiary/aromatic N) is 1. The van der Waals surface area contributed by atoms with Gasteiger partial charge in [-0.25, -0.2) is 0 Å². The van der Waals surface area contributed by atoms with E-state index in [0.29, 0.717) is 29.8 Å². The lowest BCUT2D eigenvalue weighted by Crippen LogP contribution is -2.37. The summed E-state index contributed by atoms with van der Waals surface area (Å²) in [7, 11) is 4.20. The van der Waals surface area contributed by atoms with Gasteiger partial charge in [-0.15, -0.1) is 0 Å². The maximum atomic E-state index is 12.9. The molecule has 0 radical (unpaired) electrons. The highest BCUT2D eigenvalue weighted by molar-refractivity contribution is 6.08. The van der Waals surface area contributed by atoms with Gasteiger partial charge in [0.2, 0.25) is 5.91 Å². The van der Waals surface area contributed by atoms with Gasteiger partial charge in [0.05, 0.1) is 5.41 Å². The Balaban J connectivity index is 1.09. The number of nitrogens with one attached hydrogen (secondary N) is 3. The van der Waals surface area contributed by atoms with Gasteiger partial charge in [-0.3, -0.25) is 15.6 Å². The maximum absolute atomic E-state index is 12.9. The van der Waals surface area contributed by atoms with Crippen molar-refractivity contribution in [2.45, 2.75) is 49.7 Å². The minimum absolute atomic E-state index is 0.228. The fourth-order valence-electron chi connectivity index (χ4n) is 6.77. The van der Waals surface area contributed by atoms with Crippen LogP contribution in [0.15, 0.2) is 54.6 Å². The molecule has 2 heterocycles. The molecule has 3 N–H and O–H groups in total. The summed E-state index contributed by atoms with van der Waals surface area (Å²) in [5, 5.41) is 3.14. The smallest absolute Gasteiger partial charge is 0.235 e. The molecule has 4 aliphatic rings. The Labute approximate surface area is 196 Å². The molecule has 4 unspecified atom stereocenters. The number of anilines is 1. The second-order valence-electron chi connectivity index (χ2n) is 10.8. The minimum atomic E-state index is -0.252. The second kappa shape index (κ2) is 8.08. The SMILES string of the molecule is CN(C)Cc1ccc(/C=C/C2NNC3CC([C@@H]4C[C@@]45C(=O)Nc4ccccc45)CCC23)cc1. The van der Waals surface area contributed by atoms with Crippen molar-refractivity contribution in [2.75, 3.05) is 19.4 Å². The number of amides is 1. The average Bonchev–Trinajstić information content (AvgIpc) is 3.35. The van der Waals surface area contributed by atoms with Crippen molar-refractivity contribution in [3.63, 3.8) is 0 Å². The molecule has 1 spiro atoms. The van der Waals surface area contributed by atoms with Crippen LogP contribution in [0, 0.1) is 17.8 Å². The molecular formula is C28H34N4O. The van der Waals surface area contributed by atoms with E-state index < -0.39 is 0 Å². The van der Waals surface area contributed by atoms with Crippen molar-refractivity contribution in [3.05, 3.63) is 71.3 Å². The van der Waals surface area contributed by atoms with Crippen LogP contribution >= 0.6 is 0 Å². The van der Waals surface area contributed by atoms with E-state index in [1.165, 1.54) is 29.5 Å². The van der Waals surface area contributed by atoms with E-state index in [4.69, 9.17) is 0 Å². The summed E-state index contributed by atoms with van der Waals surface area (Å²) in [6, 6.07) is 18.0. The Morgan fingerprint density at radius 3 is 2.70 bits per heavy atom. The first kappa shape index (κ1) is 21.1. The molecule has 1 saturated heterocycles. The second-order valence-corrected chi connectivity index (χ2v) is 10.8. The zero-order valence-corrected chi connectivity index (χ0v) is 19.6. The molecule has 1 amide bonds. The summed E-state index contributed by atoms with van der Waals surface area (Å²) >= 11 is 0. The van der Waals surface area contributed by atoms with E-state index >= 15 is 0 Å². The number of hydrogen-bond donors (Lipinski definition) is 3. The van der Waals surface area contributed by atoms with Crippen molar-refractivity contribution in [3.8, 4) is 0 Å².